The van der Waals surface area contributed by atoms with Gasteiger partial charge in [0.05, 0.1) is 35.3 Å². The monoisotopic (exact) mass is 684 g/mol. The standard InChI is InChI=1S/C36H40N6O8/c1-7-36(49-33(46)28(19(2)3)41-31(44)25(13-22-15-37-18-38-22)40-34(47)50-35(4,5)6)23-14-26-29-21(12-20-10-8-9-11-24(20)39-29)16-42(26)32(45)30(23)48-17-27(36)43/h8-12,14-15,18-19,25,28H,7,13,16-17H2,1-6H3,(H,37,38)(H,40,47)(H,41,44)/t25-,28-,36-/m0/s1. The van der Waals surface area contributed by atoms with Crippen molar-refractivity contribution in [1.82, 2.24) is 30.2 Å². The van der Waals surface area contributed by atoms with Crippen molar-refractivity contribution in [3.63, 3.8) is 0 Å². The van der Waals surface area contributed by atoms with Crippen LogP contribution < -0.4 is 20.9 Å². The minimum Gasteiger partial charge on any atom is -0.479 e. The van der Waals surface area contributed by atoms with Crippen LogP contribution in [0.5, 0.6) is 5.75 Å². The fourth-order valence-corrected chi connectivity index (χ4v) is 6.33. The van der Waals surface area contributed by atoms with Crippen LogP contribution >= 0.6 is 0 Å². The van der Waals surface area contributed by atoms with Gasteiger partial charge in [0.15, 0.2) is 12.4 Å². The molecule has 3 aromatic heterocycles. The normalized spacial score (nSPS) is 17.6. The maximum absolute atomic E-state index is 14.1. The highest BCUT2D eigenvalue weighted by Gasteiger charge is 2.51. The maximum atomic E-state index is 14.1. The van der Waals surface area contributed by atoms with E-state index in [0.717, 1.165) is 16.5 Å². The molecule has 50 heavy (non-hydrogen) atoms. The minimum atomic E-state index is -1.87. The first-order chi connectivity index (χ1) is 23.7. The van der Waals surface area contributed by atoms with Gasteiger partial charge in [-0.1, -0.05) is 39.0 Å². The molecule has 6 rings (SSSR count). The highest BCUT2D eigenvalue weighted by atomic mass is 16.6. The van der Waals surface area contributed by atoms with E-state index in [9.17, 15) is 24.0 Å². The number of carbonyl (C=O) groups excluding carboxylic acids is 4. The molecule has 0 radical (unpaired) electrons. The second-order valence-electron chi connectivity index (χ2n) is 13.9. The first-order valence-electron chi connectivity index (χ1n) is 16.5. The quantitative estimate of drug-likeness (QED) is 0.194. The van der Waals surface area contributed by atoms with Crippen LogP contribution in [0.1, 0.15) is 64.8 Å². The molecule has 3 atom stereocenters. The number of ketones is 1. The van der Waals surface area contributed by atoms with E-state index >= 15 is 0 Å². The zero-order valence-electron chi connectivity index (χ0n) is 28.8. The van der Waals surface area contributed by atoms with E-state index in [0.29, 0.717) is 17.1 Å². The van der Waals surface area contributed by atoms with Crippen LogP contribution in [-0.2, 0) is 42.4 Å². The lowest BCUT2D eigenvalue weighted by Crippen LogP contribution is -2.56. The van der Waals surface area contributed by atoms with Crippen molar-refractivity contribution in [2.75, 3.05) is 6.61 Å². The molecule has 2 amide bonds. The molecular formula is C36H40N6O8. The molecule has 0 fully saturated rings. The fourth-order valence-electron chi connectivity index (χ4n) is 6.33. The van der Waals surface area contributed by atoms with Gasteiger partial charge in [-0.3, -0.25) is 19.0 Å². The average molecular weight is 685 g/mol. The Balaban J connectivity index is 1.31. The maximum Gasteiger partial charge on any atom is 0.408 e. The number of rotatable bonds is 9. The summed E-state index contributed by atoms with van der Waals surface area (Å²) in [6.45, 7) is 9.97. The molecule has 0 bridgehead atoms. The number of hydrogen-bond acceptors (Lipinski definition) is 10. The number of ether oxygens (including phenoxy) is 3. The third-order valence-electron chi connectivity index (χ3n) is 8.84. The Morgan fingerprint density at radius 3 is 2.56 bits per heavy atom. The number of aromatic nitrogens is 4. The SMILES string of the molecule is CC[C@@]1(OC(=O)[C@@H](NC(=O)[C@H](Cc2cnc[nH]2)NC(=O)OC(C)(C)C)C(C)C)C(=O)COc2c1cc1n(c2=O)Cc2cc3ccccc3nc2-1. The number of Topliss-reactive ketones (excluding diaryl/α,β-unsaturated/α-hetero) is 1. The second kappa shape index (κ2) is 13.1. The minimum absolute atomic E-state index is 0.00373. The number of fused-ring (bicyclic) bond motifs is 5. The number of amides is 2. The second-order valence-corrected chi connectivity index (χ2v) is 13.9. The fraction of sp³-hybridized carbons (Fsp3) is 0.417. The predicted molar refractivity (Wildman–Crippen MR) is 181 cm³/mol. The van der Waals surface area contributed by atoms with Gasteiger partial charge in [-0.25, -0.2) is 19.6 Å². The number of carbonyl (C=O) groups is 4. The molecule has 0 spiro atoms. The average Bonchev–Trinajstić information content (AvgIpc) is 3.70. The molecule has 0 aliphatic carbocycles. The molecule has 5 heterocycles. The summed E-state index contributed by atoms with van der Waals surface area (Å²) in [6.07, 6.45) is 2.15. The van der Waals surface area contributed by atoms with Crippen LogP contribution in [0.25, 0.3) is 22.3 Å². The van der Waals surface area contributed by atoms with E-state index in [1.54, 1.807) is 52.2 Å². The van der Waals surface area contributed by atoms with Crippen molar-refractivity contribution in [3.8, 4) is 17.1 Å². The Bertz CT molecular complexity index is 2050. The highest BCUT2D eigenvalue weighted by molar-refractivity contribution is 5.96. The molecular weight excluding hydrogens is 644 g/mol. The number of imidazole rings is 1. The summed E-state index contributed by atoms with van der Waals surface area (Å²) in [5.74, 6) is -2.70. The molecule has 1 aromatic carbocycles. The van der Waals surface area contributed by atoms with Gasteiger partial charge < -0.3 is 29.8 Å². The molecule has 14 nitrogen and oxygen atoms in total. The number of pyridine rings is 2. The van der Waals surface area contributed by atoms with Crippen molar-refractivity contribution in [2.24, 2.45) is 5.92 Å². The smallest absolute Gasteiger partial charge is 0.408 e. The van der Waals surface area contributed by atoms with Crippen LogP contribution in [0.15, 0.2) is 53.7 Å². The Kier molecular flexibility index (Phi) is 8.97. The van der Waals surface area contributed by atoms with Gasteiger partial charge in [0, 0.05) is 29.3 Å². The van der Waals surface area contributed by atoms with E-state index in [4.69, 9.17) is 19.2 Å². The predicted octanol–water partition coefficient (Wildman–Crippen LogP) is 3.54. The van der Waals surface area contributed by atoms with Crippen molar-refractivity contribution in [3.05, 3.63) is 76.1 Å². The molecule has 14 heteroatoms. The summed E-state index contributed by atoms with van der Waals surface area (Å²) >= 11 is 0. The highest BCUT2D eigenvalue weighted by Crippen LogP contribution is 2.43. The van der Waals surface area contributed by atoms with Crippen LogP contribution in [-0.4, -0.2) is 67.6 Å². The van der Waals surface area contributed by atoms with Gasteiger partial charge >= 0.3 is 12.1 Å². The summed E-state index contributed by atoms with van der Waals surface area (Å²) in [4.78, 5) is 79.8. The topological polar surface area (TPSA) is 184 Å². The van der Waals surface area contributed by atoms with Crippen molar-refractivity contribution in [2.45, 2.75) is 84.2 Å². The third kappa shape index (κ3) is 6.44. The number of aromatic amines is 1. The van der Waals surface area contributed by atoms with Crippen LogP contribution in [0.2, 0.25) is 0 Å². The first-order valence-corrected chi connectivity index (χ1v) is 16.5. The summed E-state index contributed by atoms with van der Waals surface area (Å²) in [5.41, 5.74) is 0.165. The molecule has 2 aliphatic rings. The summed E-state index contributed by atoms with van der Waals surface area (Å²) in [5, 5.41) is 6.22. The number of H-pyrrole nitrogens is 1. The lowest BCUT2D eigenvalue weighted by molar-refractivity contribution is -0.176. The van der Waals surface area contributed by atoms with Gasteiger partial charge in [0.25, 0.3) is 5.56 Å². The van der Waals surface area contributed by atoms with Crippen LogP contribution in [0.4, 0.5) is 4.79 Å². The van der Waals surface area contributed by atoms with Crippen molar-refractivity contribution >= 4 is 34.7 Å². The van der Waals surface area contributed by atoms with E-state index in [-0.39, 0.29) is 30.7 Å². The third-order valence-corrected chi connectivity index (χ3v) is 8.84. The molecule has 2 aliphatic heterocycles. The number of esters is 1. The zero-order chi connectivity index (χ0) is 36.0. The first kappa shape index (κ1) is 34.3. The summed E-state index contributed by atoms with van der Waals surface area (Å²) < 4.78 is 18.7. The largest absolute Gasteiger partial charge is 0.479 e. The lowest BCUT2D eigenvalue weighted by Gasteiger charge is -2.37. The van der Waals surface area contributed by atoms with Gasteiger partial charge in [-0.05, 0) is 51.3 Å². The number of alkyl carbamates (subject to hydrolysis) is 1. The number of nitrogens with one attached hydrogen (secondary N) is 3. The van der Waals surface area contributed by atoms with Gasteiger partial charge in [-0.2, -0.15) is 0 Å². The number of benzene rings is 1. The number of nitrogens with zero attached hydrogens (tertiary/aromatic N) is 3. The van der Waals surface area contributed by atoms with Gasteiger partial charge in [-0.15, -0.1) is 0 Å². The lowest BCUT2D eigenvalue weighted by atomic mass is 9.84. The van der Waals surface area contributed by atoms with Crippen LogP contribution in [0, 0.1) is 5.92 Å². The van der Waals surface area contributed by atoms with E-state index in [1.165, 1.54) is 12.5 Å². The Morgan fingerprint density at radius 1 is 1.12 bits per heavy atom. The zero-order valence-corrected chi connectivity index (χ0v) is 28.8. The summed E-state index contributed by atoms with van der Waals surface area (Å²) in [7, 11) is 0. The van der Waals surface area contributed by atoms with E-state index in [1.807, 2.05) is 30.3 Å². The van der Waals surface area contributed by atoms with Gasteiger partial charge in [0.2, 0.25) is 17.3 Å². The molecule has 0 unspecified atom stereocenters. The molecule has 262 valence electrons. The van der Waals surface area contributed by atoms with Crippen LogP contribution in [0.3, 0.4) is 0 Å². The van der Waals surface area contributed by atoms with Crippen molar-refractivity contribution in [1.29, 1.82) is 0 Å². The molecule has 3 N–H and O–H groups in total. The molecule has 0 saturated heterocycles. The number of para-hydroxylation sites is 1. The molecule has 0 saturated carbocycles. The Labute approximate surface area is 287 Å². The molecule has 4 aromatic rings. The Hall–Kier alpha value is -5.53. The summed E-state index contributed by atoms with van der Waals surface area (Å²) in [6, 6.07) is 8.85. The van der Waals surface area contributed by atoms with E-state index < -0.39 is 65.1 Å². The van der Waals surface area contributed by atoms with Crippen molar-refractivity contribution < 1.29 is 33.4 Å². The van der Waals surface area contributed by atoms with E-state index in [2.05, 4.69) is 20.6 Å². The number of hydrogen-bond donors (Lipinski definition) is 3. The Morgan fingerprint density at radius 2 is 1.88 bits per heavy atom. The van der Waals surface area contributed by atoms with Gasteiger partial charge in [0.1, 0.15) is 17.7 Å².